The SMILES string of the molecule is CCc1c(NC(=O)NCCNC(C)=O)cnn1-c1ccccc1C. The summed E-state index contributed by atoms with van der Waals surface area (Å²) in [5.74, 6) is -0.120. The Labute approximate surface area is 141 Å². The van der Waals surface area contributed by atoms with Crippen LogP contribution >= 0.6 is 0 Å². The van der Waals surface area contributed by atoms with Crippen molar-refractivity contribution in [1.82, 2.24) is 20.4 Å². The molecule has 2 rings (SSSR count). The fraction of sp³-hybridized carbons (Fsp3) is 0.353. The van der Waals surface area contributed by atoms with Crippen LogP contribution in [0.15, 0.2) is 30.5 Å². The third-order valence-corrected chi connectivity index (χ3v) is 3.58. The van der Waals surface area contributed by atoms with Gasteiger partial charge in [-0.1, -0.05) is 25.1 Å². The molecule has 0 aliphatic rings. The molecule has 7 heteroatoms. The van der Waals surface area contributed by atoms with Crippen LogP contribution in [0.2, 0.25) is 0 Å². The second-order valence-corrected chi connectivity index (χ2v) is 5.42. The molecule has 1 heterocycles. The van der Waals surface area contributed by atoms with Crippen molar-refractivity contribution in [2.24, 2.45) is 0 Å². The molecular formula is C17H23N5O2. The number of nitrogens with one attached hydrogen (secondary N) is 3. The zero-order chi connectivity index (χ0) is 17.5. The summed E-state index contributed by atoms with van der Waals surface area (Å²) < 4.78 is 1.85. The zero-order valence-electron chi connectivity index (χ0n) is 14.2. The topological polar surface area (TPSA) is 88.1 Å². The summed E-state index contributed by atoms with van der Waals surface area (Å²) in [5.41, 5.74) is 3.72. The van der Waals surface area contributed by atoms with Crippen molar-refractivity contribution in [2.75, 3.05) is 18.4 Å². The fourth-order valence-corrected chi connectivity index (χ4v) is 2.41. The Morgan fingerprint density at radius 3 is 2.54 bits per heavy atom. The first-order chi connectivity index (χ1) is 11.5. The van der Waals surface area contributed by atoms with Gasteiger partial charge in [-0.3, -0.25) is 4.79 Å². The number of benzene rings is 1. The number of anilines is 1. The minimum absolute atomic E-state index is 0.120. The molecule has 0 saturated carbocycles. The van der Waals surface area contributed by atoms with E-state index in [1.165, 1.54) is 6.92 Å². The summed E-state index contributed by atoms with van der Waals surface area (Å²) in [4.78, 5) is 22.7. The minimum Gasteiger partial charge on any atom is -0.355 e. The van der Waals surface area contributed by atoms with Gasteiger partial charge in [0.1, 0.15) is 0 Å². The molecule has 0 aliphatic heterocycles. The van der Waals surface area contributed by atoms with E-state index in [-0.39, 0.29) is 11.9 Å². The van der Waals surface area contributed by atoms with Crippen LogP contribution in [0.3, 0.4) is 0 Å². The number of carbonyl (C=O) groups excluding carboxylic acids is 2. The van der Waals surface area contributed by atoms with Crippen molar-refractivity contribution in [3.05, 3.63) is 41.7 Å². The van der Waals surface area contributed by atoms with Crippen LogP contribution in [-0.2, 0) is 11.2 Å². The molecule has 3 N–H and O–H groups in total. The maximum absolute atomic E-state index is 12.0. The first kappa shape index (κ1) is 17.5. The molecular weight excluding hydrogens is 306 g/mol. The molecule has 1 aromatic carbocycles. The van der Waals surface area contributed by atoms with Crippen LogP contribution < -0.4 is 16.0 Å². The number of rotatable bonds is 6. The predicted octanol–water partition coefficient (Wildman–Crippen LogP) is 2.00. The third kappa shape index (κ3) is 4.34. The van der Waals surface area contributed by atoms with Gasteiger partial charge in [-0.15, -0.1) is 0 Å². The highest BCUT2D eigenvalue weighted by atomic mass is 16.2. The van der Waals surface area contributed by atoms with E-state index in [1.807, 2.05) is 42.8 Å². The van der Waals surface area contributed by atoms with Gasteiger partial charge in [-0.05, 0) is 25.0 Å². The highest BCUT2D eigenvalue weighted by Gasteiger charge is 2.14. The average Bonchev–Trinajstić information content (AvgIpc) is 2.94. The van der Waals surface area contributed by atoms with Gasteiger partial charge in [0.25, 0.3) is 0 Å². The summed E-state index contributed by atoms with van der Waals surface area (Å²) in [6.07, 6.45) is 2.38. The first-order valence-electron chi connectivity index (χ1n) is 7.95. The van der Waals surface area contributed by atoms with Crippen molar-refractivity contribution >= 4 is 17.6 Å². The molecule has 0 aliphatic carbocycles. The minimum atomic E-state index is -0.320. The van der Waals surface area contributed by atoms with Crippen LogP contribution in [0.25, 0.3) is 5.69 Å². The van der Waals surface area contributed by atoms with Crippen molar-refractivity contribution in [1.29, 1.82) is 0 Å². The average molecular weight is 329 g/mol. The van der Waals surface area contributed by atoms with Crippen molar-refractivity contribution in [3.8, 4) is 5.69 Å². The van der Waals surface area contributed by atoms with E-state index >= 15 is 0 Å². The Kier molecular flexibility index (Phi) is 5.95. The molecule has 0 radical (unpaired) electrons. The van der Waals surface area contributed by atoms with Gasteiger partial charge in [-0.25, -0.2) is 9.48 Å². The van der Waals surface area contributed by atoms with E-state index in [0.29, 0.717) is 18.8 Å². The van der Waals surface area contributed by atoms with Crippen LogP contribution in [0.1, 0.15) is 25.1 Å². The number of hydrogen-bond acceptors (Lipinski definition) is 3. The molecule has 0 fully saturated rings. The van der Waals surface area contributed by atoms with Gasteiger partial charge in [0.2, 0.25) is 5.91 Å². The van der Waals surface area contributed by atoms with Gasteiger partial charge < -0.3 is 16.0 Å². The van der Waals surface area contributed by atoms with E-state index in [0.717, 1.165) is 23.4 Å². The molecule has 3 amide bonds. The van der Waals surface area contributed by atoms with Crippen LogP contribution in [0.5, 0.6) is 0 Å². The zero-order valence-corrected chi connectivity index (χ0v) is 14.2. The summed E-state index contributed by atoms with van der Waals surface area (Å²) in [6.45, 7) is 6.24. The van der Waals surface area contributed by atoms with Gasteiger partial charge in [0.05, 0.1) is 23.3 Å². The Bertz CT molecular complexity index is 724. The number of aromatic nitrogens is 2. The summed E-state index contributed by atoms with van der Waals surface area (Å²) in [6, 6.07) is 7.65. The third-order valence-electron chi connectivity index (χ3n) is 3.58. The lowest BCUT2D eigenvalue weighted by Gasteiger charge is -2.11. The Balaban J connectivity index is 2.05. The molecule has 0 bridgehead atoms. The lowest BCUT2D eigenvalue weighted by molar-refractivity contribution is -0.118. The first-order valence-corrected chi connectivity index (χ1v) is 7.95. The maximum atomic E-state index is 12.0. The van der Waals surface area contributed by atoms with E-state index in [9.17, 15) is 9.59 Å². The molecule has 0 spiro atoms. The molecule has 24 heavy (non-hydrogen) atoms. The standard InChI is InChI=1S/C17H23N5O2/c1-4-15-14(21-17(24)19-10-9-18-13(3)23)11-20-22(15)16-8-6-5-7-12(16)2/h5-8,11H,4,9-10H2,1-3H3,(H,18,23)(H2,19,21,24). The second kappa shape index (κ2) is 8.14. The number of para-hydroxylation sites is 1. The van der Waals surface area contributed by atoms with E-state index in [2.05, 4.69) is 21.0 Å². The molecule has 2 aromatic rings. The molecule has 0 unspecified atom stereocenters. The van der Waals surface area contributed by atoms with Crippen molar-refractivity contribution < 1.29 is 9.59 Å². The van der Waals surface area contributed by atoms with Crippen molar-refractivity contribution in [3.63, 3.8) is 0 Å². The molecule has 0 atom stereocenters. The van der Waals surface area contributed by atoms with Crippen molar-refractivity contribution in [2.45, 2.75) is 27.2 Å². The number of nitrogens with zero attached hydrogens (tertiary/aromatic N) is 2. The lowest BCUT2D eigenvalue weighted by atomic mass is 10.2. The van der Waals surface area contributed by atoms with Gasteiger partial charge in [0.15, 0.2) is 0 Å². The molecule has 1 aromatic heterocycles. The van der Waals surface area contributed by atoms with Crippen LogP contribution in [0.4, 0.5) is 10.5 Å². The lowest BCUT2D eigenvalue weighted by Crippen LogP contribution is -2.36. The quantitative estimate of drug-likeness (QED) is 0.708. The van der Waals surface area contributed by atoms with E-state index in [1.54, 1.807) is 6.20 Å². The molecule has 128 valence electrons. The number of amides is 3. The highest BCUT2D eigenvalue weighted by Crippen LogP contribution is 2.22. The Morgan fingerprint density at radius 1 is 1.17 bits per heavy atom. The van der Waals surface area contributed by atoms with E-state index in [4.69, 9.17) is 0 Å². The summed E-state index contributed by atoms with van der Waals surface area (Å²) in [7, 11) is 0. The Hall–Kier alpha value is -2.83. The maximum Gasteiger partial charge on any atom is 0.319 e. The highest BCUT2D eigenvalue weighted by molar-refractivity contribution is 5.89. The summed E-state index contributed by atoms with van der Waals surface area (Å²) in [5, 5.41) is 12.5. The van der Waals surface area contributed by atoms with E-state index < -0.39 is 0 Å². The van der Waals surface area contributed by atoms with Gasteiger partial charge >= 0.3 is 6.03 Å². The smallest absolute Gasteiger partial charge is 0.319 e. The largest absolute Gasteiger partial charge is 0.355 e. The number of hydrogen-bond donors (Lipinski definition) is 3. The molecule has 0 saturated heterocycles. The number of urea groups is 1. The Morgan fingerprint density at radius 2 is 1.88 bits per heavy atom. The normalized spacial score (nSPS) is 10.3. The molecule has 7 nitrogen and oxygen atoms in total. The van der Waals surface area contributed by atoms with Crippen LogP contribution in [-0.4, -0.2) is 34.8 Å². The van der Waals surface area contributed by atoms with Gasteiger partial charge in [0, 0.05) is 20.0 Å². The van der Waals surface area contributed by atoms with Crippen LogP contribution in [0, 0.1) is 6.92 Å². The number of aryl methyl sites for hydroxylation is 1. The van der Waals surface area contributed by atoms with Gasteiger partial charge in [-0.2, -0.15) is 5.10 Å². The number of carbonyl (C=O) groups is 2. The summed E-state index contributed by atoms with van der Waals surface area (Å²) >= 11 is 0. The predicted molar refractivity (Wildman–Crippen MR) is 93.4 cm³/mol. The fourth-order valence-electron chi connectivity index (χ4n) is 2.41. The second-order valence-electron chi connectivity index (χ2n) is 5.42. The monoisotopic (exact) mass is 329 g/mol.